The molecule has 0 radical (unpaired) electrons. The van der Waals surface area contributed by atoms with Crippen LogP contribution in [0.2, 0.25) is 0 Å². The summed E-state index contributed by atoms with van der Waals surface area (Å²) < 4.78 is 5.01. The Bertz CT molecular complexity index is 331. The van der Waals surface area contributed by atoms with Crippen LogP contribution in [-0.2, 0) is 4.74 Å². The minimum atomic E-state index is -0.327. The molecule has 1 saturated carbocycles. The van der Waals surface area contributed by atoms with E-state index in [2.05, 4.69) is 18.2 Å². The van der Waals surface area contributed by atoms with E-state index in [0.717, 1.165) is 25.0 Å². The van der Waals surface area contributed by atoms with E-state index < -0.39 is 0 Å². The maximum Gasteiger partial charge on any atom is 0.0793 e. The molecule has 1 aliphatic rings. The number of methoxy groups -OCH3 is 1. The summed E-state index contributed by atoms with van der Waals surface area (Å²) >= 11 is 0. The molecule has 16 heavy (non-hydrogen) atoms. The zero-order valence-electron chi connectivity index (χ0n) is 9.86. The van der Waals surface area contributed by atoms with Crippen LogP contribution in [-0.4, -0.2) is 18.8 Å². The van der Waals surface area contributed by atoms with Crippen LogP contribution in [0, 0.1) is 0 Å². The van der Waals surface area contributed by atoms with Crippen molar-refractivity contribution in [2.24, 2.45) is 0 Å². The highest BCUT2D eigenvalue weighted by molar-refractivity contribution is 5.34. The summed E-state index contributed by atoms with van der Waals surface area (Å²) in [4.78, 5) is 0. The number of aliphatic hydroxyl groups excluding tert-OH is 1. The van der Waals surface area contributed by atoms with E-state index in [1.807, 2.05) is 6.07 Å². The molecule has 88 valence electrons. The van der Waals surface area contributed by atoms with Crippen molar-refractivity contribution < 1.29 is 9.84 Å². The maximum atomic E-state index is 10.1. The van der Waals surface area contributed by atoms with E-state index in [-0.39, 0.29) is 6.10 Å². The molecule has 0 bridgehead atoms. The van der Waals surface area contributed by atoms with Gasteiger partial charge in [-0.15, -0.1) is 0 Å². The van der Waals surface area contributed by atoms with Gasteiger partial charge in [0.15, 0.2) is 0 Å². The SMILES string of the molecule is COCCCC(O)c1ccccc1C1CC1. The summed E-state index contributed by atoms with van der Waals surface area (Å²) in [5.41, 5.74) is 2.48. The highest BCUT2D eigenvalue weighted by Crippen LogP contribution is 2.43. The number of hydrogen-bond donors (Lipinski definition) is 1. The molecular weight excluding hydrogens is 200 g/mol. The molecule has 1 fully saturated rings. The van der Waals surface area contributed by atoms with Gasteiger partial charge in [-0.2, -0.15) is 0 Å². The largest absolute Gasteiger partial charge is 0.388 e. The van der Waals surface area contributed by atoms with Crippen LogP contribution in [0.5, 0.6) is 0 Å². The summed E-state index contributed by atoms with van der Waals surface area (Å²) in [6.07, 6.45) is 3.93. The van der Waals surface area contributed by atoms with Gasteiger partial charge in [-0.25, -0.2) is 0 Å². The van der Waals surface area contributed by atoms with E-state index in [9.17, 15) is 5.11 Å². The van der Waals surface area contributed by atoms with Crippen molar-refractivity contribution in [2.45, 2.75) is 37.7 Å². The van der Waals surface area contributed by atoms with Gasteiger partial charge in [-0.3, -0.25) is 0 Å². The summed E-state index contributed by atoms with van der Waals surface area (Å²) in [6, 6.07) is 8.30. The van der Waals surface area contributed by atoms with Crippen LogP contribution in [0.15, 0.2) is 24.3 Å². The van der Waals surface area contributed by atoms with Crippen molar-refractivity contribution in [3.8, 4) is 0 Å². The Balaban J connectivity index is 2.00. The summed E-state index contributed by atoms with van der Waals surface area (Å²) in [5.74, 6) is 0.702. The van der Waals surface area contributed by atoms with E-state index in [1.165, 1.54) is 18.4 Å². The molecule has 1 N–H and O–H groups in total. The molecule has 1 unspecified atom stereocenters. The van der Waals surface area contributed by atoms with E-state index in [0.29, 0.717) is 5.92 Å². The molecule has 1 aliphatic carbocycles. The molecule has 0 heterocycles. The first-order chi connectivity index (χ1) is 7.83. The van der Waals surface area contributed by atoms with Crippen molar-refractivity contribution >= 4 is 0 Å². The first-order valence-corrected chi connectivity index (χ1v) is 6.08. The van der Waals surface area contributed by atoms with Gasteiger partial charge in [0.1, 0.15) is 0 Å². The second-order valence-electron chi connectivity index (χ2n) is 4.55. The average Bonchev–Trinajstić information content (AvgIpc) is 3.13. The molecule has 0 saturated heterocycles. The van der Waals surface area contributed by atoms with Crippen molar-refractivity contribution in [3.05, 3.63) is 35.4 Å². The van der Waals surface area contributed by atoms with Crippen LogP contribution in [0.3, 0.4) is 0 Å². The van der Waals surface area contributed by atoms with Crippen molar-refractivity contribution in [1.29, 1.82) is 0 Å². The fourth-order valence-electron chi connectivity index (χ4n) is 2.16. The van der Waals surface area contributed by atoms with Gasteiger partial charge in [-0.1, -0.05) is 24.3 Å². The lowest BCUT2D eigenvalue weighted by molar-refractivity contribution is 0.135. The topological polar surface area (TPSA) is 29.5 Å². The Kier molecular flexibility index (Phi) is 3.97. The van der Waals surface area contributed by atoms with Gasteiger partial charge in [0.05, 0.1) is 6.10 Å². The Hall–Kier alpha value is -0.860. The van der Waals surface area contributed by atoms with Crippen molar-refractivity contribution in [1.82, 2.24) is 0 Å². The smallest absolute Gasteiger partial charge is 0.0793 e. The summed E-state index contributed by atoms with van der Waals surface area (Å²) in [7, 11) is 1.70. The van der Waals surface area contributed by atoms with Crippen molar-refractivity contribution in [3.63, 3.8) is 0 Å². The molecule has 2 nitrogen and oxygen atoms in total. The first kappa shape index (κ1) is 11.6. The fraction of sp³-hybridized carbons (Fsp3) is 0.571. The molecule has 1 aromatic carbocycles. The zero-order chi connectivity index (χ0) is 11.4. The Morgan fingerprint density at radius 1 is 1.38 bits per heavy atom. The molecular formula is C14H20O2. The number of aliphatic hydroxyl groups is 1. The van der Waals surface area contributed by atoms with Gasteiger partial charge >= 0.3 is 0 Å². The second kappa shape index (κ2) is 5.46. The van der Waals surface area contributed by atoms with Gasteiger partial charge < -0.3 is 9.84 Å². The molecule has 1 aromatic rings. The fourth-order valence-corrected chi connectivity index (χ4v) is 2.16. The highest BCUT2D eigenvalue weighted by Gasteiger charge is 2.27. The predicted molar refractivity (Wildman–Crippen MR) is 64.5 cm³/mol. The third-order valence-electron chi connectivity index (χ3n) is 3.20. The highest BCUT2D eigenvalue weighted by atomic mass is 16.5. The van der Waals surface area contributed by atoms with Crippen LogP contribution >= 0.6 is 0 Å². The molecule has 0 aromatic heterocycles. The monoisotopic (exact) mass is 220 g/mol. The quantitative estimate of drug-likeness (QED) is 0.747. The third kappa shape index (κ3) is 2.83. The standard InChI is InChI=1S/C14H20O2/c1-16-10-4-7-14(15)13-6-3-2-5-12(13)11-8-9-11/h2-3,5-6,11,14-15H,4,7-10H2,1H3. The number of rotatable bonds is 6. The van der Waals surface area contributed by atoms with Crippen LogP contribution < -0.4 is 0 Å². The molecule has 0 amide bonds. The second-order valence-corrected chi connectivity index (χ2v) is 4.55. The number of ether oxygens (including phenoxy) is 1. The van der Waals surface area contributed by atoms with Crippen molar-refractivity contribution in [2.75, 3.05) is 13.7 Å². The predicted octanol–water partition coefficient (Wildman–Crippen LogP) is 3.02. The van der Waals surface area contributed by atoms with Gasteiger partial charge in [-0.05, 0) is 42.7 Å². The third-order valence-corrected chi connectivity index (χ3v) is 3.20. The summed E-state index contributed by atoms with van der Waals surface area (Å²) in [5, 5.41) is 10.1. The average molecular weight is 220 g/mol. The lowest BCUT2D eigenvalue weighted by Crippen LogP contribution is -2.03. The van der Waals surface area contributed by atoms with Gasteiger partial charge in [0, 0.05) is 13.7 Å². The minimum Gasteiger partial charge on any atom is -0.388 e. The van der Waals surface area contributed by atoms with Gasteiger partial charge in [0.2, 0.25) is 0 Å². The van der Waals surface area contributed by atoms with Crippen LogP contribution in [0.4, 0.5) is 0 Å². The minimum absolute atomic E-state index is 0.327. The molecule has 2 rings (SSSR count). The molecule has 1 atom stereocenters. The number of hydrogen-bond acceptors (Lipinski definition) is 2. The normalized spacial score (nSPS) is 17.4. The van der Waals surface area contributed by atoms with Gasteiger partial charge in [0.25, 0.3) is 0 Å². The van der Waals surface area contributed by atoms with E-state index in [1.54, 1.807) is 7.11 Å². The van der Waals surface area contributed by atoms with E-state index in [4.69, 9.17) is 4.74 Å². The summed E-state index contributed by atoms with van der Waals surface area (Å²) in [6.45, 7) is 0.725. The lowest BCUT2D eigenvalue weighted by Gasteiger charge is -2.15. The van der Waals surface area contributed by atoms with Crippen LogP contribution in [0.25, 0.3) is 0 Å². The Morgan fingerprint density at radius 2 is 2.12 bits per heavy atom. The molecule has 2 heteroatoms. The lowest BCUT2D eigenvalue weighted by atomic mass is 9.96. The first-order valence-electron chi connectivity index (χ1n) is 6.08. The zero-order valence-corrected chi connectivity index (χ0v) is 9.86. The Morgan fingerprint density at radius 3 is 2.81 bits per heavy atom. The Labute approximate surface area is 97.3 Å². The van der Waals surface area contributed by atoms with E-state index >= 15 is 0 Å². The van der Waals surface area contributed by atoms with Crippen LogP contribution in [0.1, 0.15) is 48.8 Å². The molecule has 0 aliphatic heterocycles. The maximum absolute atomic E-state index is 10.1. The molecule has 0 spiro atoms. The number of benzene rings is 1.